The van der Waals surface area contributed by atoms with E-state index in [0.717, 1.165) is 45.0 Å². The maximum Gasteiger partial charge on any atom is 0.407 e. The Bertz CT molecular complexity index is 658. The lowest BCUT2D eigenvalue weighted by Gasteiger charge is -2.22. The zero-order valence-corrected chi connectivity index (χ0v) is 18.9. The summed E-state index contributed by atoms with van der Waals surface area (Å²) in [7, 11) is 0. The van der Waals surface area contributed by atoms with E-state index in [-0.39, 0.29) is 6.09 Å². The number of alkyl carbamates (subject to hydrolysis) is 1. The van der Waals surface area contributed by atoms with Gasteiger partial charge in [0.25, 0.3) is 0 Å². The third-order valence-electron chi connectivity index (χ3n) is 4.65. The standard InChI is InChI=1S/C23H38N4O3/c1-5-24-21(25-13-9-14-26-22(28)30-23(2,3)4)27-15-12-20(16-27)18-29-17-19-10-7-6-8-11-19/h6-8,10-11,20H,5,9,12-18H2,1-4H3,(H,24,25)(H,26,28). The average Bonchev–Trinajstić information content (AvgIpc) is 3.15. The third-order valence-corrected chi connectivity index (χ3v) is 4.65. The third kappa shape index (κ3) is 9.48. The first-order valence-electron chi connectivity index (χ1n) is 11.0. The van der Waals surface area contributed by atoms with Crippen LogP contribution in [0.15, 0.2) is 35.3 Å². The van der Waals surface area contributed by atoms with Crippen molar-refractivity contribution in [3.05, 3.63) is 35.9 Å². The van der Waals surface area contributed by atoms with E-state index in [2.05, 4.69) is 34.6 Å². The van der Waals surface area contributed by atoms with E-state index in [1.54, 1.807) is 0 Å². The summed E-state index contributed by atoms with van der Waals surface area (Å²) in [5, 5.41) is 6.16. The Morgan fingerprint density at radius 2 is 2.00 bits per heavy atom. The number of guanidine groups is 1. The molecule has 1 amide bonds. The smallest absolute Gasteiger partial charge is 0.407 e. The number of carbonyl (C=O) groups is 1. The Morgan fingerprint density at radius 3 is 2.70 bits per heavy atom. The summed E-state index contributed by atoms with van der Waals surface area (Å²) < 4.78 is 11.2. The molecule has 0 spiro atoms. The quantitative estimate of drug-likeness (QED) is 0.365. The molecular formula is C23H38N4O3. The lowest BCUT2D eigenvalue weighted by Crippen LogP contribution is -2.40. The molecule has 7 nitrogen and oxygen atoms in total. The van der Waals surface area contributed by atoms with Gasteiger partial charge in [-0.1, -0.05) is 30.3 Å². The Labute approximate surface area is 181 Å². The largest absolute Gasteiger partial charge is 0.444 e. The zero-order chi connectivity index (χ0) is 21.8. The average molecular weight is 419 g/mol. The molecule has 1 fully saturated rings. The van der Waals surface area contributed by atoms with Crippen molar-refractivity contribution in [3.8, 4) is 0 Å². The van der Waals surface area contributed by atoms with E-state index in [9.17, 15) is 4.79 Å². The van der Waals surface area contributed by atoms with Gasteiger partial charge in [0.15, 0.2) is 5.96 Å². The molecule has 1 saturated heterocycles. The summed E-state index contributed by atoms with van der Waals surface area (Å²) >= 11 is 0. The van der Waals surface area contributed by atoms with E-state index < -0.39 is 5.60 Å². The number of aliphatic imine (C=N–C) groups is 1. The van der Waals surface area contributed by atoms with Gasteiger partial charge < -0.3 is 25.0 Å². The fourth-order valence-corrected chi connectivity index (χ4v) is 3.27. The first-order chi connectivity index (χ1) is 14.4. The number of amides is 1. The number of likely N-dealkylation sites (tertiary alicyclic amines) is 1. The minimum absolute atomic E-state index is 0.378. The highest BCUT2D eigenvalue weighted by molar-refractivity contribution is 5.80. The van der Waals surface area contributed by atoms with Gasteiger partial charge in [-0.25, -0.2) is 4.79 Å². The highest BCUT2D eigenvalue weighted by atomic mass is 16.6. The summed E-state index contributed by atoms with van der Waals surface area (Å²) in [6, 6.07) is 10.3. The van der Waals surface area contributed by atoms with Crippen LogP contribution in [-0.4, -0.2) is 61.9 Å². The van der Waals surface area contributed by atoms with E-state index in [0.29, 0.717) is 25.6 Å². The molecule has 0 bridgehead atoms. The summed E-state index contributed by atoms with van der Waals surface area (Å²) in [4.78, 5) is 18.7. The van der Waals surface area contributed by atoms with Gasteiger partial charge in [0, 0.05) is 38.6 Å². The number of nitrogens with zero attached hydrogens (tertiary/aromatic N) is 2. The van der Waals surface area contributed by atoms with Crippen LogP contribution < -0.4 is 10.6 Å². The topological polar surface area (TPSA) is 75.2 Å². The second kappa shape index (κ2) is 12.4. The van der Waals surface area contributed by atoms with Gasteiger partial charge in [-0.15, -0.1) is 0 Å². The lowest BCUT2D eigenvalue weighted by atomic mass is 10.1. The Hall–Kier alpha value is -2.28. The number of benzene rings is 1. The van der Waals surface area contributed by atoms with Crippen molar-refractivity contribution in [1.29, 1.82) is 0 Å². The maximum absolute atomic E-state index is 11.7. The molecule has 1 aliphatic heterocycles. The van der Waals surface area contributed by atoms with Crippen LogP contribution in [0.4, 0.5) is 4.79 Å². The molecular weight excluding hydrogens is 380 g/mol. The van der Waals surface area contributed by atoms with Crippen molar-refractivity contribution in [3.63, 3.8) is 0 Å². The number of hydrogen-bond donors (Lipinski definition) is 2. The zero-order valence-electron chi connectivity index (χ0n) is 18.9. The van der Waals surface area contributed by atoms with Gasteiger partial charge >= 0.3 is 6.09 Å². The Morgan fingerprint density at radius 1 is 1.23 bits per heavy atom. The number of nitrogens with one attached hydrogen (secondary N) is 2. The molecule has 1 aromatic carbocycles. The Balaban J connectivity index is 1.68. The minimum Gasteiger partial charge on any atom is -0.444 e. The van der Waals surface area contributed by atoms with Crippen molar-refractivity contribution >= 4 is 12.1 Å². The maximum atomic E-state index is 11.7. The van der Waals surface area contributed by atoms with Crippen molar-refractivity contribution in [2.45, 2.75) is 52.7 Å². The van der Waals surface area contributed by atoms with E-state index in [1.807, 2.05) is 39.0 Å². The number of hydrogen-bond acceptors (Lipinski definition) is 4. The normalized spacial score (nSPS) is 17.1. The van der Waals surface area contributed by atoms with Crippen LogP contribution in [0.5, 0.6) is 0 Å². The van der Waals surface area contributed by atoms with Gasteiger partial charge in [0.05, 0.1) is 13.2 Å². The summed E-state index contributed by atoms with van der Waals surface area (Å²) in [6.45, 7) is 13.1. The molecule has 2 rings (SSSR count). The van der Waals surface area contributed by atoms with Crippen LogP contribution in [0.25, 0.3) is 0 Å². The molecule has 0 radical (unpaired) electrons. The van der Waals surface area contributed by atoms with Crippen molar-refractivity contribution in [2.75, 3.05) is 39.3 Å². The summed E-state index contributed by atoms with van der Waals surface area (Å²) in [6.07, 6.45) is 1.50. The molecule has 0 aliphatic carbocycles. The van der Waals surface area contributed by atoms with E-state index in [4.69, 9.17) is 14.5 Å². The lowest BCUT2D eigenvalue weighted by molar-refractivity contribution is 0.0527. The summed E-state index contributed by atoms with van der Waals surface area (Å²) in [5.74, 6) is 1.46. The fourth-order valence-electron chi connectivity index (χ4n) is 3.27. The van der Waals surface area contributed by atoms with Crippen LogP contribution in [0.1, 0.15) is 46.1 Å². The number of carbonyl (C=O) groups excluding carboxylic acids is 1. The van der Waals surface area contributed by atoms with Crippen molar-refractivity contribution in [1.82, 2.24) is 15.5 Å². The first kappa shape index (κ1) is 24.0. The molecule has 1 unspecified atom stereocenters. The van der Waals surface area contributed by atoms with Crippen LogP contribution in [0.3, 0.4) is 0 Å². The molecule has 0 saturated carbocycles. The van der Waals surface area contributed by atoms with Crippen LogP contribution >= 0.6 is 0 Å². The van der Waals surface area contributed by atoms with Crippen LogP contribution in [0, 0.1) is 5.92 Å². The first-order valence-corrected chi connectivity index (χ1v) is 11.0. The van der Waals surface area contributed by atoms with Crippen molar-refractivity contribution in [2.24, 2.45) is 10.9 Å². The molecule has 0 aromatic heterocycles. The molecule has 2 N–H and O–H groups in total. The van der Waals surface area contributed by atoms with E-state index in [1.165, 1.54) is 5.56 Å². The van der Waals surface area contributed by atoms with Crippen molar-refractivity contribution < 1.29 is 14.3 Å². The number of rotatable bonds is 9. The van der Waals surface area contributed by atoms with Gasteiger partial charge in [-0.05, 0) is 46.1 Å². The molecule has 7 heteroatoms. The molecule has 1 heterocycles. The van der Waals surface area contributed by atoms with Gasteiger partial charge in [0.1, 0.15) is 5.60 Å². The fraction of sp³-hybridized carbons (Fsp3) is 0.652. The van der Waals surface area contributed by atoms with E-state index >= 15 is 0 Å². The van der Waals surface area contributed by atoms with Crippen LogP contribution in [-0.2, 0) is 16.1 Å². The SMILES string of the molecule is CCNC(=NCCCNC(=O)OC(C)(C)C)N1CCC(COCc2ccccc2)C1. The second-order valence-electron chi connectivity index (χ2n) is 8.62. The molecule has 168 valence electrons. The Kier molecular flexibility index (Phi) is 9.94. The highest BCUT2D eigenvalue weighted by Crippen LogP contribution is 2.17. The number of ether oxygens (including phenoxy) is 2. The predicted octanol–water partition coefficient (Wildman–Crippen LogP) is 3.41. The minimum atomic E-state index is -0.475. The summed E-state index contributed by atoms with van der Waals surface area (Å²) in [5.41, 5.74) is 0.736. The van der Waals surface area contributed by atoms with Gasteiger partial charge in [-0.3, -0.25) is 4.99 Å². The highest BCUT2D eigenvalue weighted by Gasteiger charge is 2.25. The second-order valence-corrected chi connectivity index (χ2v) is 8.62. The van der Waals surface area contributed by atoms with Gasteiger partial charge in [-0.2, -0.15) is 0 Å². The molecule has 1 aliphatic rings. The molecule has 1 atom stereocenters. The van der Waals surface area contributed by atoms with Crippen LogP contribution in [0.2, 0.25) is 0 Å². The molecule has 30 heavy (non-hydrogen) atoms. The molecule has 1 aromatic rings. The predicted molar refractivity (Wildman–Crippen MR) is 121 cm³/mol. The monoisotopic (exact) mass is 418 g/mol. The van der Waals surface area contributed by atoms with Gasteiger partial charge in [0.2, 0.25) is 0 Å².